The molecule has 1 N–H and O–H groups in total. The minimum absolute atomic E-state index is 0.0324. The van der Waals surface area contributed by atoms with Gasteiger partial charge in [-0.05, 0) is 49.9 Å². The highest BCUT2D eigenvalue weighted by Gasteiger charge is 2.38. The summed E-state index contributed by atoms with van der Waals surface area (Å²) < 4.78 is 13.6. The first-order valence-electron chi connectivity index (χ1n) is 9.40. The second-order valence-corrected chi connectivity index (χ2v) is 7.65. The predicted octanol–water partition coefficient (Wildman–Crippen LogP) is 4.23. The molecule has 2 atom stereocenters. The zero-order chi connectivity index (χ0) is 19.1. The lowest BCUT2D eigenvalue weighted by molar-refractivity contribution is -0.135. The highest BCUT2D eigenvalue weighted by atomic mass is 19.1. The number of rotatable bonds is 2. The maximum absolute atomic E-state index is 13.6. The number of nitrogens with one attached hydrogen (secondary N) is 1. The Kier molecular flexibility index (Phi) is 4.46. The normalized spacial score (nSPS) is 21.7. The van der Waals surface area contributed by atoms with Crippen molar-refractivity contribution in [1.82, 2.24) is 4.90 Å². The molecule has 4 rings (SSSR count). The van der Waals surface area contributed by atoms with E-state index in [-0.39, 0.29) is 24.3 Å². The van der Waals surface area contributed by atoms with E-state index in [4.69, 9.17) is 0 Å². The smallest absolute Gasteiger partial charge is 0.231 e. The van der Waals surface area contributed by atoms with E-state index in [0.717, 1.165) is 18.4 Å². The first kappa shape index (κ1) is 17.7. The number of hydrogen-bond donors (Lipinski definition) is 1. The van der Waals surface area contributed by atoms with Crippen molar-refractivity contribution in [2.45, 2.75) is 45.1 Å². The van der Waals surface area contributed by atoms with Gasteiger partial charge in [0.15, 0.2) is 0 Å². The second kappa shape index (κ2) is 6.80. The molecule has 140 valence electrons. The highest BCUT2D eigenvalue weighted by Crippen LogP contribution is 2.39. The molecule has 0 bridgehead atoms. The first-order valence-corrected chi connectivity index (χ1v) is 9.40. The van der Waals surface area contributed by atoms with Gasteiger partial charge in [-0.1, -0.05) is 35.4 Å². The van der Waals surface area contributed by atoms with Gasteiger partial charge in [0.2, 0.25) is 11.8 Å². The van der Waals surface area contributed by atoms with Crippen molar-refractivity contribution >= 4 is 17.5 Å². The van der Waals surface area contributed by atoms with Crippen molar-refractivity contribution in [2.24, 2.45) is 0 Å². The number of halogens is 1. The Morgan fingerprint density at radius 3 is 2.63 bits per heavy atom. The number of carbonyl (C=O) groups is 2. The van der Waals surface area contributed by atoms with Crippen LogP contribution in [0.15, 0.2) is 36.4 Å². The van der Waals surface area contributed by atoms with Crippen LogP contribution >= 0.6 is 0 Å². The van der Waals surface area contributed by atoms with Gasteiger partial charge >= 0.3 is 0 Å². The van der Waals surface area contributed by atoms with Crippen molar-refractivity contribution in [3.8, 4) is 0 Å². The molecule has 2 aliphatic rings. The molecule has 0 aromatic heterocycles. The van der Waals surface area contributed by atoms with Gasteiger partial charge in [-0.2, -0.15) is 0 Å². The molecular weight excluding hydrogens is 343 g/mol. The van der Waals surface area contributed by atoms with Crippen molar-refractivity contribution in [1.29, 1.82) is 0 Å². The van der Waals surface area contributed by atoms with Gasteiger partial charge in [-0.15, -0.1) is 0 Å². The van der Waals surface area contributed by atoms with Crippen LogP contribution in [0.4, 0.5) is 10.1 Å². The van der Waals surface area contributed by atoms with E-state index >= 15 is 0 Å². The van der Waals surface area contributed by atoms with Gasteiger partial charge in [0.1, 0.15) is 5.82 Å². The molecule has 0 aliphatic carbocycles. The summed E-state index contributed by atoms with van der Waals surface area (Å²) >= 11 is 0. The molecule has 4 nitrogen and oxygen atoms in total. The molecular formula is C22H23FN2O2. The fourth-order valence-corrected chi connectivity index (χ4v) is 4.44. The first-order chi connectivity index (χ1) is 12.9. The van der Waals surface area contributed by atoms with Crippen molar-refractivity contribution in [3.63, 3.8) is 0 Å². The summed E-state index contributed by atoms with van der Waals surface area (Å²) in [5, 5.41) is 2.68. The number of fused-ring (bicyclic) bond motifs is 1. The summed E-state index contributed by atoms with van der Waals surface area (Å²) in [5.41, 5.74) is 4.63. The molecule has 27 heavy (non-hydrogen) atoms. The number of nitrogens with zero attached hydrogens (tertiary/aromatic N) is 1. The van der Waals surface area contributed by atoms with Crippen LogP contribution in [-0.2, 0) is 9.59 Å². The summed E-state index contributed by atoms with van der Waals surface area (Å²) in [5.74, 6) is -1.26. The van der Waals surface area contributed by atoms with Crippen molar-refractivity contribution < 1.29 is 14.0 Å². The molecule has 2 aromatic carbocycles. The Morgan fingerprint density at radius 2 is 1.89 bits per heavy atom. The Hall–Kier alpha value is -2.69. The van der Waals surface area contributed by atoms with E-state index in [9.17, 15) is 14.0 Å². The van der Waals surface area contributed by atoms with Crippen LogP contribution in [0.25, 0.3) is 0 Å². The van der Waals surface area contributed by atoms with Gasteiger partial charge in [-0.3, -0.25) is 9.59 Å². The number of aryl methyl sites for hydroxylation is 2. The van der Waals surface area contributed by atoms with Gasteiger partial charge < -0.3 is 10.2 Å². The van der Waals surface area contributed by atoms with E-state index in [1.54, 1.807) is 6.07 Å². The maximum atomic E-state index is 13.6. The molecule has 1 fully saturated rings. The fraction of sp³-hybridized carbons (Fsp3) is 0.364. The third-order valence-corrected chi connectivity index (χ3v) is 5.52. The largest absolute Gasteiger partial charge is 0.335 e. The molecule has 0 saturated carbocycles. The summed E-state index contributed by atoms with van der Waals surface area (Å²) in [6, 6.07) is 10.7. The van der Waals surface area contributed by atoms with Crippen LogP contribution < -0.4 is 5.32 Å². The van der Waals surface area contributed by atoms with Crippen LogP contribution in [0.2, 0.25) is 0 Å². The molecule has 0 radical (unpaired) electrons. The Bertz CT molecular complexity index is 904. The molecule has 1 saturated heterocycles. The quantitative estimate of drug-likeness (QED) is 0.865. The van der Waals surface area contributed by atoms with Crippen LogP contribution in [0, 0.1) is 19.7 Å². The molecule has 0 spiro atoms. The topological polar surface area (TPSA) is 49.4 Å². The fourth-order valence-electron chi connectivity index (χ4n) is 4.44. The average Bonchev–Trinajstić information content (AvgIpc) is 3.09. The summed E-state index contributed by atoms with van der Waals surface area (Å²) in [4.78, 5) is 27.4. The van der Waals surface area contributed by atoms with E-state index < -0.39 is 11.7 Å². The van der Waals surface area contributed by atoms with Gasteiger partial charge in [0.05, 0.1) is 12.0 Å². The average molecular weight is 366 g/mol. The third-order valence-electron chi connectivity index (χ3n) is 5.52. The standard InChI is InChI=1S/C22H23FN2O2/c1-13-8-14(2)10-15(9-13)20-4-3-7-25(20)22(27)18-12-21(26)24-19-11-16(23)5-6-17(18)19/h5-6,8-11,18,20H,3-4,7,12H2,1-2H3,(H,24,26). The lowest BCUT2D eigenvalue weighted by atomic mass is 9.88. The molecule has 5 heteroatoms. The number of benzene rings is 2. The molecule has 2 heterocycles. The number of hydrogen-bond acceptors (Lipinski definition) is 2. The van der Waals surface area contributed by atoms with Crippen LogP contribution in [0.5, 0.6) is 0 Å². The highest BCUT2D eigenvalue weighted by molar-refractivity contribution is 6.01. The molecule has 2 unspecified atom stereocenters. The molecule has 2 aliphatic heterocycles. The van der Waals surface area contributed by atoms with E-state index in [0.29, 0.717) is 17.8 Å². The number of likely N-dealkylation sites (tertiary alicyclic amines) is 1. The minimum Gasteiger partial charge on any atom is -0.335 e. The summed E-state index contributed by atoms with van der Waals surface area (Å²) in [6.45, 7) is 4.81. The van der Waals surface area contributed by atoms with E-state index in [1.165, 1.54) is 23.3 Å². The Labute approximate surface area is 158 Å². The molecule has 2 amide bonds. The van der Waals surface area contributed by atoms with Crippen molar-refractivity contribution in [3.05, 3.63) is 64.5 Å². The van der Waals surface area contributed by atoms with E-state index in [2.05, 4.69) is 37.4 Å². The predicted molar refractivity (Wildman–Crippen MR) is 102 cm³/mol. The van der Waals surface area contributed by atoms with E-state index in [1.807, 2.05) is 4.90 Å². The lowest BCUT2D eigenvalue weighted by Crippen LogP contribution is -2.38. The maximum Gasteiger partial charge on any atom is 0.231 e. The Balaban J connectivity index is 1.67. The Morgan fingerprint density at radius 1 is 1.15 bits per heavy atom. The monoisotopic (exact) mass is 366 g/mol. The van der Waals surface area contributed by atoms with Crippen LogP contribution in [0.1, 0.15) is 53.5 Å². The lowest BCUT2D eigenvalue weighted by Gasteiger charge is -2.32. The second-order valence-electron chi connectivity index (χ2n) is 7.65. The van der Waals surface area contributed by atoms with Gasteiger partial charge in [0, 0.05) is 18.7 Å². The van der Waals surface area contributed by atoms with Gasteiger partial charge in [0.25, 0.3) is 0 Å². The number of anilines is 1. The SMILES string of the molecule is Cc1cc(C)cc(C2CCCN2C(=O)C2CC(=O)Nc3cc(F)ccc32)c1. The minimum atomic E-state index is -0.555. The zero-order valence-corrected chi connectivity index (χ0v) is 15.6. The summed E-state index contributed by atoms with van der Waals surface area (Å²) in [7, 11) is 0. The van der Waals surface area contributed by atoms with Gasteiger partial charge in [-0.25, -0.2) is 4.39 Å². The summed E-state index contributed by atoms with van der Waals surface area (Å²) in [6.07, 6.45) is 1.97. The van der Waals surface area contributed by atoms with Crippen LogP contribution in [-0.4, -0.2) is 23.3 Å². The number of amides is 2. The number of carbonyl (C=O) groups excluding carboxylic acids is 2. The van der Waals surface area contributed by atoms with Crippen molar-refractivity contribution in [2.75, 3.05) is 11.9 Å². The molecule has 2 aromatic rings. The third kappa shape index (κ3) is 3.34. The zero-order valence-electron chi connectivity index (χ0n) is 15.6. The van der Waals surface area contributed by atoms with Crippen LogP contribution in [0.3, 0.4) is 0 Å².